The zero-order chi connectivity index (χ0) is 17.8. The van der Waals surface area contributed by atoms with Gasteiger partial charge in [0, 0.05) is 38.3 Å². The normalized spacial score (nSPS) is 21.5. The van der Waals surface area contributed by atoms with E-state index in [1.807, 2.05) is 0 Å². The lowest BCUT2D eigenvalue weighted by molar-refractivity contribution is -0.142. The second-order valence-corrected chi connectivity index (χ2v) is 6.67. The summed E-state index contributed by atoms with van der Waals surface area (Å²) in [5.74, 6) is -0.571. The van der Waals surface area contributed by atoms with Crippen molar-refractivity contribution in [1.29, 1.82) is 0 Å². The van der Waals surface area contributed by atoms with Gasteiger partial charge in [-0.2, -0.15) is 0 Å². The van der Waals surface area contributed by atoms with E-state index >= 15 is 0 Å². The van der Waals surface area contributed by atoms with E-state index < -0.39 is 6.04 Å². The highest BCUT2D eigenvalue weighted by Crippen LogP contribution is 2.16. The number of nitrogens with one attached hydrogen (secondary N) is 1. The summed E-state index contributed by atoms with van der Waals surface area (Å²) in [5.41, 5.74) is 0.479. The fourth-order valence-corrected chi connectivity index (χ4v) is 3.36. The number of hydrogen-bond donors (Lipinski definition) is 2. The number of rotatable bonds is 4. The second kappa shape index (κ2) is 9.30. The molecule has 6 nitrogen and oxygen atoms in total. The van der Waals surface area contributed by atoms with E-state index in [1.54, 1.807) is 28.0 Å². The molecule has 3 rings (SSSR count). The van der Waals surface area contributed by atoms with Gasteiger partial charge in [0.25, 0.3) is 0 Å². The van der Waals surface area contributed by atoms with E-state index in [0.29, 0.717) is 44.6 Å². The van der Waals surface area contributed by atoms with Crippen molar-refractivity contribution in [1.82, 2.24) is 15.1 Å². The van der Waals surface area contributed by atoms with Crippen LogP contribution in [0, 0.1) is 5.82 Å². The highest BCUT2D eigenvalue weighted by Gasteiger charge is 2.32. The number of hydrogen-bond acceptors (Lipinski definition) is 4. The number of aliphatic hydroxyl groups excluding tert-OH is 1. The summed E-state index contributed by atoms with van der Waals surface area (Å²) >= 11 is 0. The van der Waals surface area contributed by atoms with Crippen LogP contribution < -0.4 is 5.32 Å². The Morgan fingerprint density at radius 1 is 1.23 bits per heavy atom. The number of carbonyl (C=O) groups excluding carboxylic acids is 2. The van der Waals surface area contributed by atoms with Gasteiger partial charge in [0.05, 0.1) is 18.6 Å². The molecule has 2 aliphatic heterocycles. The Kier molecular flexibility index (Phi) is 7.37. The number of nitrogens with zero attached hydrogens (tertiary/aromatic N) is 2. The minimum Gasteiger partial charge on any atom is -0.393 e. The zero-order valence-corrected chi connectivity index (χ0v) is 15.4. The molecule has 0 aliphatic carbocycles. The SMILES string of the molecule is Cl.O=C(CC1NCCN(Cc2ccccc2F)C1=O)N1CCC(O)CC1. The van der Waals surface area contributed by atoms with E-state index in [2.05, 4.69) is 5.32 Å². The predicted octanol–water partition coefficient (Wildman–Crippen LogP) is 0.921. The molecule has 0 aromatic heterocycles. The Morgan fingerprint density at radius 2 is 1.92 bits per heavy atom. The Bertz CT molecular complexity index is 638. The van der Waals surface area contributed by atoms with Crippen LogP contribution in [0.1, 0.15) is 24.8 Å². The maximum absolute atomic E-state index is 13.8. The first-order chi connectivity index (χ1) is 12.0. The van der Waals surface area contributed by atoms with E-state index in [4.69, 9.17) is 0 Å². The van der Waals surface area contributed by atoms with Crippen LogP contribution in [0.5, 0.6) is 0 Å². The molecular formula is C18H25ClFN3O3. The number of amides is 2. The van der Waals surface area contributed by atoms with Gasteiger partial charge >= 0.3 is 0 Å². The van der Waals surface area contributed by atoms with Crippen molar-refractivity contribution < 1.29 is 19.1 Å². The van der Waals surface area contributed by atoms with E-state index in [9.17, 15) is 19.1 Å². The molecule has 144 valence electrons. The summed E-state index contributed by atoms with van der Waals surface area (Å²) in [4.78, 5) is 28.4. The largest absolute Gasteiger partial charge is 0.393 e. The molecule has 0 radical (unpaired) electrons. The molecule has 2 aliphatic rings. The van der Waals surface area contributed by atoms with Crippen molar-refractivity contribution in [3.05, 3.63) is 35.6 Å². The van der Waals surface area contributed by atoms with Crippen molar-refractivity contribution in [2.45, 2.75) is 38.0 Å². The predicted molar refractivity (Wildman–Crippen MR) is 97.3 cm³/mol. The number of likely N-dealkylation sites (tertiary alicyclic amines) is 1. The average Bonchev–Trinajstić information content (AvgIpc) is 2.61. The van der Waals surface area contributed by atoms with Crippen LogP contribution in [0.25, 0.3) is 0 Å². The van der Waals surface area contributed by atoms with Gasteiger partial charge in [-0.3, -0.25) is 9.59 Å². The van der Waals surface area contributed by atoms with Gasteiger partial charge in [-0.15, -0.1) is 12.4 Å². The number of aliphatic hydroxyl groups is 1. The fraction of sp³-hybridized carbons (Fsp3) is 0.556. The average molecular weight is 386 g/mol. The first-order valence-corrected chi connectivity index (χ1v) is 8.76. The van der Waals surface area contributed by atoms with Gasteiger partial charge in [-0.25, -0.2) is 4.39 Å². The monoisotopic (exact) mass is 385 g/mol. The molecule has 26 heavy (non-hydrogen) atoms. The van der Waals surface area contributed by atoms with Crippen LogP contribution in [0.15, 0.2) is 24.3 Å². The summed E-state index contributed by atoms with van der Waals surface area (Å²) < 4.78 is 13.8. The van der Waals surface area contributed by atoms with Crippen molar-refractivity contribution in [2.24, 2.45) is 0 Å². The van der Waals surface area contributed by atoms with E-state index in [0.717, 1.165) is 0 Å². The lowest BCUT2D eigenvalue weighted by Gasteiger charge is -2.35. The summed E-state index contributed by atoms with van der Waals surface area (Å²) in [6.45, 7) is 2.35. The molecule has 1 atom stereocenters. The standard InChI is InChI=1S/C18H24FN3O3.ClH/c19-15-4-2-1-3-13(15)12-22-10-7-20-16(18(22)25)11-17(24)21-8-5-14(23)6-9-21;/h1-4,14,16,20,23H,5-12H2;1H. The maximum Gasteiger partial charge on any atom is 0.240 e. The Balaban J connectivity index is 0.00000243. The number of piperazine rings is 1. The van der Waals surface area contributed by atoms with Crippen LogP contribution in [-0.2, 0) is 16.1 Å². The maximum atomic E-state index is 13.8. The lowest BCUT2D eigenvalue weighted by Crippen LogP contribution is -2.56. The third kappa shape index (κ3) is 4.93. The molecule has 2 heterocycles. The molecule has 0 spiro atoms. The molecule has 2 N–H and O–H groups in total. The molecule has 1 aromatic rings. The topological polar surface area (TPSA) is 72.9 Å². The molecule has 0 saturated carbocycles. The quantitative estimate of drug-likeness (QED) is 0.808. The van der Waals surface area contributed by atoms with Gasteiger partial charge in [-0.05, 0) is 18.9 Å². The number of piperidine rings is 1. The number of benzene rings is 1. The Labute approximate surface area is 158 Å². The minimum atomic E-state index is -0.570. The van der Waals surface area contributed by atoms with Gasteiger partial charge in [0.15, 0.2) is 0 Å². The van der Waals surface area contributed by atoms with Crippen LogP contribution in [0.4, 0.5) is 4.39 Å². The van der Waals surface area contributed by atoms with Gasteiger partial charge in [-0.1, -0.05) is 18.2 Å². The molecule has 1 aromatic carbocycles. The summed E-state index contributed by atoms with van der Waals surface area (Å²) in [7, 11) is 0. The smallest absolute Gasteiger partial charge is 0.240 e. The van der Waals surface area contributed by atoms with Gasteiger partial charge in [0.2, 0.25) is 11.8 Å². The summed E-state index contributed by atoms with van der Waals surface area (Å²) in [6, 6.07) is 5.85. The fourth-order valence-electron chi connectivity index (χ4n) is 3.36. The summed E-state index contributed by atoms with van der Waals surface area (Å²) in [5, 5.41) is 12.6. The minimum absolute atomic E-state index is 0. The van der Waals surface area contributed by atoms with Crippen molar-refractivity contribution in [3.63, 3.8) is 0 Å². The van der Waals surface area contributed by atoms with Gasteiger partial charge < -0.3 is 20.2 Å². The Morgan fingerprint density at radius 3 is 2.62 bits per heavy atom. The number of carbonyl (C=O) groups is 2. The van der Waals surface area contributed by atoms with E-state index in [-0.39, 0.29) is 49.1 Å². The first kappa shape index (κ1) is 20.6. The third-order valence-electron chi connectivity index (χ3n) is 4.90. The molecule has 1 unspecified atom stereocenters. The zero-order valence-electron chi connectivity index (χ0n) is 14.6. The number of halogens is 2. The van der Waals surface area contributed by atoms with Crippen LogP contribution >= 0.6 is 12.4 Å². The molecule has 2 fully saturated rings. The van der Waals surface area contributed by atoms with Gasteiger partial charge in [0.1, 0.15) is 5.82 Å². The highest BCUT2D eigenvalue weighted by atomic mass is 35.5. The van der Waals surface area contributed by atoms with Crippen LogP contribution in [0.2, 0.25) is 0 Å². The Hall–Kier alpha value is -1.70. The lowest BCUT2D eigenvalue weighted by atomic mass is 10.0. The molecular weight excluding hydrogens is 361 g/mol. The van der Waals surface area contributed by atoms with Crippen LogP contribution in [-0.4, -0.2) is 65.0 Å². The molecule has 2 amide bonds. The summed E-state index contributed by atoms with van der Waals surface area (Å²) in [6.07, 6.45) is 0.923. The molecule has 2 saturated heterocycles. The van der Waals surface area contributed by atoms with Crippen molar-refractivity contribution in [2.75, 3.05) is 26.2 Å². The van der Waals surface area contributed by atoms with Crippen molar-refractivity contribution in [3.8, 4) is 0 Å². The molecule has 8 heteroatoms. The third-order valence-corrected chi connectivity index (χ3v) is 4.90. The first-order valence-electron chi connectivity index (χ1n) is 8.76. The second-order valence-electron chi connectivity index (χ2n) is 6.67. The highest BCUT2D eigenvalue weighted by molar-refractivity contribution is 5.89. The van der Waals surface area contributed by atoms with E-state index in [1.165, 1.54) is 6.07 Å². The molecule has 0 bridgehead atoms. The van der Waals surface area contributed by atoms with Crippen LogP contribution in [0.3, 0.4) is 0 Å². The van der Waals surface area contributed by atoms with Crippen molar-refractivity contribution >= 4 is 24.2 Å².